The number of ether oxygens (including phenoxy) is 1. The number of nitrogens with zero attached hydrogens (tertiary/aromatic N) is 2. The topological polar surface area (TPSA) is 72.3 Å². The van der Waals surface area contributed by atoms with Crippen molar-refractivity contribution in [3.63, 3.8) is 0 Å². The second-order valence-electron chi connectivity index (χ2n) is 2.89. The number of carboxylic acids is 1. The van der Waals surface area contributed by atoms with E-state index in [-0.39, 0.29) is 5.56 Å². The van der Waals surface area contributed by atoms with Crippen LogP contribution in [0.4, 0.5) is 0 Å². The Labute approximate surface area is 85.4 Å². The van der Waals surface area contributed by atoms with Crippen LogP contribution in [0.15, 0.2) is 24.4 Å². The van der Waals surface area contributed by atoms with Crippen LogP contribution in [0.3, 0.4) is 0 Å². The number of pyridine rings is 2. The second kappa shape index (κ2) is 3.53. The molecule has 2 rings (SSSR count). The van der Waals surface area contributed by atoms with E-state index in [4.69, 9.17) is 9.84 Å². The predicted molar refractivity (Wildman–Crippen MR) is 53.0 cm³/mol. The quantitative estimate of drug-likeness (QED) is 0.799. The summed E-state index contributed by atoms with van der Waals surface area (Å²) in [7, 11) is 1.48. The first-order valence-electron chi connectivity index (χ1n) is 4.25. The highest BCUT2D eigenvalue weighted by Gasteiger charge is 2.10. The van der Waals surface area contributed by atoms with Gasteiger partial charge in [0.05, 0.1) is 18.2 Å². The Kier molecular flexibility index (Phi) is 2.21. The first-order chi connectivity index (χ1) is 7.22. The van der Waals surface area contributed by atoms with Crippen molar-refractivity contribution in [3.05, 3.63) is 30.0 Å². The molecule has 0 radical (unpaired) electrons. The minimum Gasteiger partial charge on any atom is -0.481 e. The van der Waals surface area contributed by atoms with Crippen molar-refractivity contribution in [2.24, 2.45) is 0 Å². The van der Waals surface area contributed by atoms with Crippen LogP contribution in [0, 0.1) is 0 Å². The molecule has 0 fully saturated rings. The number of carboxylic acid groups (broad SMARTS) is 1. The van der Waals surface area contributed by atoms with Gasteiger partial charge in [-0.2, -0.15) is 0 Å². The van der Waals surface area contributed by atoms with E-state index in [1.807, 2.05) is 0 Å². The number of hydrogen-bond acceptors (Lipinski definition) is 4. The molecule has 76 valence electrons. The molecule has 5 heteroatoms. The van der Waals surface area contributed by atoms with Crippen LogP contribution in [0.5, 0.6) is 5.88 Å². The van der Waals surface area contributed by atoms with Gasteiger partial charge in [-0.25, -0.2) is 9.78 Å². The summed E-state index contributed by atoms with van der Waals surface area (Å²) in [6.45, 7) is 0. The fourth-order valence-corrected chi connectivity index (χ4v) is 1.29. The molecule has 1 N–H and O–H groups in total. The molecule has 0 bridgehead atoms. The van der Waals surface area contributed by atoms with E-state index in [1.165, 1.54) is 19.4 Å². The first kappa shape index (κ1) is 9.39. The largest absolute Gasteiger partial charge is 0.481 e. The Morgan fingerprint density at radius 1 is 1.40 bits per heavy atom. The van der Waals surface area contributed by atoms with Gasteiger partial charge in [-0.15, -0.1) is 0 Å². The number of hydrogen-bond donors (Lipinski definition) is 1. The van der Waals surface area contributed by atoms with Gasteiger partial charge < -0.3 is 9.84 Å². The Hall–Kier alpha value is -2.17. The molecule has 15 heavy (non-hydrogen) atoms. The van der Waals surface area contributed by atoms with E-state index in [1.54, 1.807) is 12.1 Å². The Balaban J connectivity index is 2.76. The van der Waals surface area contributed by atoms with Crippen molar-refractivity contribution in [2.75, 3.05) is 7.11 Å². The average Bonchev–Trinajstić information content (AvgIpc) is 2.27. The summed E-state index contributed by atoms with van der Waals surface area (Å²) in [6.07, 6.45) is 1.44. The highest BCUT2D eigenvalue weighted by atomic mass is 16.5. The average molecular weight is 204 g/mol. The summed E-state index contributed by atoms with van der Waals surface area (Å²) in [5.41, 5.74) is 0.999. The molecule has 0 amide bonds. The number of aromatic carboxylic acids is 1. The van der Waals surface area contributed by atoms with Crippen molar-refractivity contribution < 1.29 is 14.6 Å². The van der Waals surface area contributed by atoms with Gasteiger partial charge in [0.2, 0.25) is 5.88 Å². The number of rotatable bonds is 2. The normalized spacial score (nSPS) is 10.2. The van der Waals surface area contributed by atoms with Crippen molar-refractivity contribution in [1.29, 1.82) is 0 Å². The zero-order valence-corrected chi connectivity index (χ0v) is 7.97. The Morgan fingerprint density at radius 2 is 2.20 bits per heavy atom. The lowest BCUT2D eigenvalue weighted by molar-refractivity contribution is 0.0698. The lowest BCUT2D eigenvalue weighted by Gasteiger charge is -2.02. The fraction of sp³-hybridized carbons (Fsp3) is 0.100. The maximum atomic E-state index is 10.9. The maximum Gasteiger partial charge on any atom is 0.338 e. The molecular weight excluding hydrogens is 196 g/mol. The summed E-state index contributed by atoms with van der Waals surface area (Å²) in [4.78, 5) is 19.0. The molecular formula is C10H8N2O3. The van der Waals surface area contributed by atoms with Crippen LogP contribution >= 0.6 is 0 Å². The molecule has 0 aliphatic heterocycles. The van der Waals surface area contributed by atoms with Crippen molar-refractivity contribution >= 4 is 17.0 Å². The maximum absolute atomic E-state index is 10.9. The van der Waals surface area contributed by atoms with Crippen LogP contribution in [-0.4, -0.2) is 28.2 Å². The molecule has 2 aromatic heterocycles. The zero-order valence-electron chi connectivity index (χ0n) is 7.97. The molecule has 0 unspecified atom stereocenters. The lowest BCUT2D eigenvalue weighted by atomic mass is 10.2. The summed E-state index contributed by atoms with van der Waals surface area (Å²) < 4.78 is 4.93. The number of methoxy groups -OCH3 is 1. The molecule has 0 spiro atoms. The molecule has 0 saturated heterocycles. The first-order valence-corrected chi connectivity index (χ1v) is 4.25. The monoisotopic (exact) mass is 204 g/mol. The van der Waals surface area contributed by atoms with Gasteiger partial charge in [0.1, 0.15) is 5.52 Å². The van der Waals surface area contributed by atoms with Gasteiger partial charge >= 0.3 is 5.97 Å². The van der Waals surface area contributed by atoms with E-state index < -0.39 is 5.97 Å². The Bertz CT molecular complexity index is 525. The SMILES string of the molecule is COc1ccc2nccc(C(=O)O)c2n1. The summed E-state index contributed by atoms with van der Waals surface area (Å²) in [6, 6.07) is 4.73. The molecule has 0 atom stereocenters. The van der Waals surface area contributed by atoms with Crippen molar-refractivity contribution in [3.8, 4) is 5.88 Å². The summed E-state index contributed by atoms with van der Waals surface area (Å²) >= 11 is 0. The highest BCUT2D eigenvalue weighted by Crippen LogP contribution is 2.17. The number of fused-ring (bicyclic) bond motifs is 1. The van der Waals surface area contributed by atoms with Crippen LogP contribution in [0.1, 0.15) is 10.4 Å². The fourth-order valence-electron chi connectivity index (χ4n) is 1.29. The lowest BCUT2D eigenvalue weighted by Crippen LogP contribution is -2.00. The summed E-state index contributed by atoms with van der Waals surface area (Å²) in [5.74, 6) is -0.652. The number of aromatic nitrogens is 2. The molecule has 0 aliphatic carbocycles. The van der Waals surface area contributed by atoms with Gasteiger partial charge in [0.25, 0.3) is 0 Å². The van der Waals surface area contributed by atoms with E-state index in [0.29, 0.717) is 16.9 Å². The van der Waals surface area contributed by atoms with Gasteiger partial charge in [-0.1, -0.05) is 0 Å². The molecule has 5 nitrogen and oxygen atoms in total. The molecule has 2 aromatic rings. The van der Waals surface area contributed by atoms with Crippen LogP contribution in [-0.2, 0) is 0 Å². The molecule has 2 heterocycles. The van der Waals surface area contributed by atoms with Gasteiger partial charge in [0.15, 0.2) is 0 Å². The molecule has 0 aliphatic rings. The third kappa shape index (κ3) is 1.59. The smallest absolute Gasteiger partial charge is 0.338 e. The Morgan fingerprint density at radius 3 is 2.87 bits per heavy atom. The molecule has 0 saturated carbocycles. The van der Waals surface area contributed by atoms with E-state index >= 15 is 0 Å². The highest BCUT2D eigenvalue weighted by molar-refractivity contribution is 6.00. The van der Waals surface area contributed by atoms with Crippen molar-refractivity contribution in [2.45, 2.75) is 0 Å². The van der Waals surface area contributed by atoms with E-state index in [9.17, 15) is 4.79 Å². The third-order valence-corrected chi connectivity index (χ3v) is 2.00. The standard InChI is InChI=1S/C10H8N2O3/c1-15-8-3-2-7-9(12-8)6(10(13)14)4-5-11-7/h2-5H,1H3,(H,13,14). The van der Waals surface area contributed by atoms with Crippen LogP contribution in [0.25, 0.3) is 11.0 Å². The minimum atomic E-state index is -1.02. The van der Waals surface area contributed by atoms with E-state index in [2.05, 4.69) is 9.97 Å². The van der Waals surface area contributed by atoms with Gasteiger partial charge in [-0.3, -0.25) is 4.98 Å². The van der Waals surface area contributed by atoms with Gasteiger partial charge in [0, 0.05) is 12.3 Å². The third-order valence-electron chi connectivity index (χ3n) is 2.00. The van der Waals surface area contributed by atoms with Crippen LogP contribution in [0.2, 0.25) is 0 Å². The van der Waals surface area contributed by atoms with Gasteiger partial charge in [-0.05, 0) is 12.1 Å². The van der Waals surface area contributed by atoms with Crippen LogP contribution < -0.4 is 4.74 Å². The molecule has 0 aromatic carbocycles. The second-order valence-corrected chi connectivity index (χ2v) is 2.89. The number of carbonyl (C=O) groups is 1. The van der Waals surface area contributed by atoms with Crippen molar-refractivity contribution in [1.82, 2.24) is 9.97 Å². The minimum absolute atomic E-state index is 0.124. The summed E-state index contributed by atoms with van der Waals surface area (Å²) in [5, 5.41) is 8.94. The van der Waals surface area contributed by atoms with E-state index in [0.717, 1.165) is 0 Å². The predicted octanol–water partition coefficient (Wildman–Crippen LogP) is 1.34. The zero-order chi connectivity index (χ0) is 10.8.